The van der Waals surface area contributed by atoms with E-state index in [2.05, 4.69) is 38.6 Å². The van der Waals surface area contributed by atoms with E-state index < -0.39 is 6.10 Å². The molecule has 0 aliphatic carbocycles. The van der Waals surface area contributed by atoms with Crippen LogP contribution in [0.5, 0.6) is 0 Å². The van der Waals surface area contributed by atoms with Crippen molar-refractivity contribution in [1.82, 2.24) is 0 Å². The van der Waals surface area contributed by atoms with E-state index in [-0.39, 0.29) is 11.9 Å². The summed E-state index contributed by atoms with van der Waals surface area (Å²) >= 11 is 0. The second-order valence-corrected chi connectivity index (χ2v) is 6.81. The molecule has 0 aliphatic rings. The molecular weight excluding hydrogens is 312 g/mol. The van der Waals surface area contributed by atoms with Crippen LogP contribution in [0.1, 0.15) is 52.0 Å². The highest BCUT2D eigenvalue weighted by molar-refractivity contribution is 5.65. The summed E-state index contributed by atoms with van der Waals surface area (Å²) in [5.41, 5.74) is 3.54. The van der Waals surface area contributed by atoms with Gasteiger partial charge in [0.1, 0.15) is 0 Å². The molecule has 0 heterocycles. The van der Waals surface area contributed by atoms with E-state index in [1.807, 2.05) is 18.2 Å². The highest BCUT2D eigenvalue weighted by Gasteiger charge is 2.22. The van der Waals surface area contributed by atoms with Gasteiger partial charge in [-0.05, 0) is 51.5 Å². The molecule has 1 aromatic carbocycles. The smallest absolute Gasteiger partial charge is 0.302 e. The lowest BCUT2D eigenvalue weighted by molar-refractivity contribution is -0.141. The molecule has 1 aromatic rings. The highest BCUT2D eigenvalue weighted by Crippen LogP contribution is 2.25. The van der Waals surface area contributed by atoms with Crippen LogP contribution >= 0.6 is 0 Å². The molecule has 0 radical (unpaired) electrons. The quantitative estimate of drug-likeness (QED) is 0.461. The number of hydrogen-bond donors (Lipinski definition) is 1. The summed E-state index contributed by atoms with van der Waals surface area (Å²) in [6.07, 6.45) is 5.60. The lowest BCUT2D eigenvalue weighted by Gasteiger charge is -2.25. The second-order valence-electron chi connectivity index (χ2n) is 6.81. The van der Waals surface area contributed by atoms with E-state index in [1.165, 1.54) is 18.1 Å². The minimum atomic E-state index is -0.477. The first-order chi connectivity index (χ1) is 11.9. The zero-order valence-electron chi connectivity index (χ0n) is 15.8. The van der Waals surface area contributed by atoms with Crippen molar-refractivity contribution in [3.05, 3.63) is 59.7 Å². The Morgan fingerprint density at radius 1 is 1.20 bits per heavy atom. The van der Waals surface area contributed by atoms with E-state index in [0.717, 1.165) is 24.8 Å². The van der Waals surface area contributed by atoms with Gasteiger partial charge in [0.2, 0.25) is 0 Å². The summed E-state index contributed by atoms with van der Waals surface area (Å²) in [5, 5.41) is 10.7. The van der Waals surface area contributed by atoms with Gasteiger partial charge in [-0.1, -0.05) is 54.1 Å². The molecule has 3 nitrogen and oxygen atoms in total. The van der Waals surface area contributed by atoms with Gasteiger partial charge < -0.3 is 9.84 Å². The number of carbonyl (C=O) groups is 1. The average molecular weight is 344 g/mol. The molecular formula is C22H32O3. The maximum absolute atomic E-state index is 11.0. The number of allylic oxidation sites excluding steroid dienone is 2. The Hall–Kier alpha value is -1.87. The molecule has 25 heavy (non-hydrogen) atoms. The molecule has 1 N–H and O–H groups in total. The molecule has 0 bridgehead atoms. The molecule has 3 heteroatoms. The van der Waals surface area contributed by atoms with Crippen LogP contribution in [-0.2, 0) is 16.0 Å². The SMILES string of the molecule is C=C(CCC=C(C)C)C(CCOC(C)=O)C(O)CCc1ccccc1. The number of hydrogen-bond acceptors (Lipinski definition) is 3. The van der Waals surface area contributed by atoms with Gasteiger partial charge in [-0.25, -0.2) is 0 Å². The fraction of sp³-hybridized carbons (Fsp3) is 0.500. The Kier molecular flexibility index (Phi) is 9.86. The van der Waals surface area contributed by atoms with Crippen molar-refractivity contribution in [3.63, 3.8) is 0 Å². The zero-order chi connectivity index (χ0) is 18.7. The van der Waals surface area contributed by atoms with Crippen LogP contribution in [0.4, 0.5) is 0 Å². The van der Waals surface area contributed by atoms with E-state index in [0.29, 0.717) is 19.4 Å². The highest BCUT2D eigenvalue weighted by atomic mass is 16.5. The number of aliphatic hydroxyl groups is 1. The second kappa shape index (κ2) is 11.6. The monoisotopic (exact) mass is 344 g/mol. The van der Waals surface area contributed by atoms with Gasteiger partial charge in [-0.2, -0.15) is 0 Å². The largest absolute Gasteiger partial charge is 0.466 e. The summed E-state index contributed by atoms with van der Waals surface area (Å²) < 4.78 is 5.08. The molecule has 2 atom stereocenters. The van der Waals surface area contributed by atoms with Gasteiger partial charge in [-0.15, -0.1) is 0 Å². The van der Waals surface area contributed by atoms with Crippen LogP contribution in [0.25, 0.3) is 0 Å². The third-order valence-corrected chi connectivity index (χ3v) is 4.31. The lowest BCUT2D eigenvalue weighted by atomic mass is 9.86. The summed E-state index contributed by atoms with van der Waals surface area (Å²) in [6.45, 7) is 10.1. The van der Waals surface area contributed by atoms with E-state index in [4.69, 9.17) is 4.74 Å². The Morgan fingerprint density at radius 2 is 1.88 bits per heavy atom. The van der Waals surface area contributed by atoms with Crippen LogP contribution in [-0.4, -0.2) is 23.8 Å². The topological polar surface area (TPSA) is 46.5 Å². The zero-order valence-corrected chi connectivity index (χ0v) is 15.8. The molecule has 0 fully saturated rings. The molecule has 1 rings (SSSR count). The first kappa shape index (κ1) is 21.2. The lowest BCUT2D eigenvalue weighted by Crippen LogP contribution is -2.25. The maximum atomic E-state index is 11.0. The van der Waals surface area contributed by atoms with Gasteiger partial charge >= 0.3 is 5.97 Å². The molecule has 0 saturated carbocycles. The third kappa shape index (κ3) is 9.25. The minimum Gasteiger partial charge on any atom is -0.466 e. The first-order valence-electron chi connectivity index (χ1n) is 9.06. The van der Waals surface area contributed by atoms with Gasteiger partial charge in [-0.3, -0.25) is 4.79 Å². The Balaban J connectivity index is 2.62. The number of aliphatic hydroxyl groups excluding tert-OH is 1. The molecule has 0 aromatic heterocycles. The number of esters is 1. The van der Waals surface area contributed by atoms with Crippen molar-refractivity contribution in [2.24, 2.45) is 5.92 Å². The normalized spacial score (nSPS) is 13.0. The summed E-state index contributed by atoms with van der Waals surface area (Å²) in [5.74, 6) is -0.332. The van der Waals surface area contributed by atoms with Gasteiger partial charge in [0, 0.05) is 12.8 Å². The Labute approximate surface area is 152 Å². The van der Waals surface area contributed by atoms with E-state index in [1.54, 1.807) is 0 Å². The standard InChI is InChI=1S/C22H32O3/c1-17(2)9-8-10-18(3)21(15-16-25-19(4)23)22(24)14-13-20-11-6-5-7-12-20/h5-7,9,11-12,21-22,24H,3,8,10,13-16H2,1-2,4H3. The number of ether oxygens (including phenoxy) is 1. The van der Waals surface area contributed by atoms with Crippen LogP contribution in [0.2, 0.25) is 0 Å². The van der Waals surface area contributed by atoms with Crippen LogP contribution in [0, 0.1) is 5.92 Å². The van der Waals surface area contributed by atoms with Crippen LogP contribution < -0.4 is 0 Å². The fourth-order valence-corrected chi connectivity index (χ4v) is 2.89. The molecule has 0 spiro atoms. The van der Waals surface area contributed by atoms with Crippen molar-refractivity contribution in [2.45, 2.75) is 59.0 Å². The van der Waals surface area contributed by atoms with Crippen molar-refractivity contribution in [1.29, 1.82) is 0 Å². The first-order valence-corrected chi connectivity index (χ1v) is 9.06. The number of benzene rings is 1. The predicted molar refractivity (Wildman–Crippen MR) is 103 cm³/mol. The van der Waals surface area contributed by atoms with E-state index in [9.17, 15) is 9.90 Å². The predicted octanol–water partition coefficient (Wildman–Crippen LogP) is 4.85. The molecule has 0 amide bonds. The van der Waals surface area contributed by atoms with Gasteiger partial charge in [0.05, 0.1) is 12.7 Å². The van der Waals surface area contributed by atoms with Crippen molar-refractivity contribution >= 4 is 5.97 Å². The molecule has 0 saturated heterocycles. The average Bonchev–Trinajstić information content (AvgIpc) is 2.57. The molecule has 2 unspecified atom stereocenters. The number of rotatable bonds is 11. The van der Waals surface area contributed by atoms with Crippen molar-refractivity contribution in [2.75, 3.05) is 6.61 Å². The summed E-state index contributed by atoms with van der Waals surface area (Å²) in [7, 11) is 0. The van der Waals surface area contributed by atoms with E-state index >= 15 is 0 Å². The molecule has 0 aliphatic heterocycles. The fourth-order valence-electron chi connectivity index (χ4n) is 2.89. The Morgan fingerprint density at radius 3 is 2.48 bits per heavy atom. The summed E-state index contributed by atoms with van der Waals surface area (Å²) in [4.78, 5) is 11.0. The van der Waals surface area contributed by atoms with Gasteiger partial charge in [0.25, 0.3) is 0 Å². The minimum absolute atomic E-state index is 0.0476. The molecule has 138 valence electrons. The Bertz CT molecular complexity index is 556. The van der Waals surface area contributed by atoms with Crippen LogP contribution in [0.15, 0.2) is 54.1 Å². The summed E-state index contributed by atoms with van der Waals surface area (Å²) in [6, 6.07) is 10.2. The number of carbonyl (C=O) groups excluding carboxylic acids is 1. The van der Waals surface area contributed by atoms with Crippen LogP contribution in [0.3, 0.4) is 0 Å². The third-order valence-electron chi connectivity index (χ3n) is 4.31. The van der Waals surface area contributed by atoms with Crippen molar-refractivity contribution in [3.8, 4) is 0 Å². The van der Waals surface area contributed by atoms with Gasteiger partial charge in [0.15, 0.2) is 0 Å². The number of aryl methyl sites for hydroxylation is 1. The maximum Gasteiger partial charge on any atom is 0.302 e. The van der Waals surface area contributed by atoms with Crippen molar-refractivity contribution < 1.29 is 14.6 Å².